The van der Waals surface area contributed by atoms with E-state index < -0.39 is 0 Å². The number of amides is 1. The number of carbonyl (C=O) groups is 1. The van der Waals surface area contributed by atoms with Gasteiger partial charge < -0.3 is 14.5 Å². The molecule has 0 aromatic heterocycles. The van der Waals surface area contributed by atoms with Gasteiger partial charge in [-0.3, -0.25) is 4.79 Å². The van der Waals surface area contributed by atoms with Crippen molar-refractivity contribution in [2.75, 3.05) is 38.2 Å². The summed E-state index contributed by atoms with van der Waals surface area (Å²) in [7, 11) is 1.60. The van der Waals surface area contributed by atoms with E-state index in [0.717, 1.165) is 23.8 Å². The number of halogens is 1. The molecule has 1 aliphatic rings. The van der Waals surface area contributed by atoms with E-state index >= 15 is 0 Å². The molecule has 1 amide bonds. The van der Waals surface area contributed by atoms with Crippen LogP contribution in [-0.4, -0.2) is 44.1 Å². The highest BCUT2D eigenvalue weighted by Gasteiger charge is 2.23. The second-order valence-corrected chi connectivity index (χ2v) is 5.87. The third-order valence-electron chi connectivity index (χ3n) is 4.08. The molecule has 2 aromatic rings. The van der Waals surface area contributed by atoms with E-state index in [1.54, 1.807) is 13.2 Å². The molecule has 120 valence electrons. The molecule has 1 heterocycles. The summed E-state index contributed by atoms with van der Waals surface area (Å²) in [6.45, 7) is 2.92. The Morgan fingerprint density at radius 1 is 1.04 bits per heavy atom. The fourth-order valence-electron chi connectivity index (χ4n) is 2.80. The first-order chi connectivity index (χ1) is 11.2. The van der Waals surface area contributed by atoms with E-state index in [2.05, 4.69) is 4.90 Å². The molecule has 2 aromatic carbocycles. The van der Waals surface area contributed by atoms with E-state index in [1.165, 1.54) is 0 Å². The summed E-state index contributed by atoms with van der Waals surface area (Å²) < 4.78 is 5.19. The summed E-state index contributed by atoms with van der Waals surface area (Å²) in [5, 5.41) is 0.750. The highest BCUT2D eigenvalue weighted by molar-refractivity contribution is 6.33. The molecule has 0 bridgehead atoms. The van der Waals surface area contributed by atoms with Gasteiger partial charge in [0.1, 0.15) is 5.75 Å². The predicted octanol–water partition coefficient (Wildman–Crippen LogP) is 3.31. The lowest BCUT2D eigenvalue weighted by atomic mass is 10.1. The van der Waals surface area contributed by atoms with Gasteiger partial charge in [-0.2, -0.15) is 0 Å². The quantitative estimate of drug-likeness (QED) is 0.865. The number of hydrogen-bond acceptors (Lipinski definition) is 3. The zero-order valence-electron chi connectivity index (χ0n) is 13.0. The average Bonchev–Trinajstić information content (AvgIpc) is 2.62. The number of para-hydroxylation sites is 1. The van der Waals surface area contributed by atoms with Crippen molar-refractivity contribution in [1.29, 1.82) is 0 Å². The summed E-state index contributed by atoms with van der Waals surface area (Å²) in [5.74, 6) is 0.744. The van der Waals surface area contributed by atoms with Crippen molar-refractivity contribution in [3.05, 3.63) is 59.1 Å². The highest BCUT2D eigenvalue weighted by Crippen LogP contribution is 2.26. The van der Waals surface area contributed by atoms with E-state index in [-0.39, 0.29) is 5.91 Å². The average molecular weight is 331 g/mol. The van der Waals surface area contributed by atoms with Crippen LogP contribution in [-0.2, 0) is 0 Å². The Hall–Kier alpha value is -2.20. The first-order valence-electron chi connectivity index (χ1n) is 7.62. The van der Waals surface area contributed by atoms with Crippen molar-refractivity contribution in [2.24, 2.45) is 0 Å². The molecule has 0 unspecified atom stereocenters. The normalized spacial score (nSPS) is 14.7. The van der Waals surface area contributed by atoms with Crippen LogP contribution in [0.2, 0.25) is 5.02 Å². The van der Waals surface area contributed by atoms with Crippen molar-refractivity contribution in [3.8, 4) is 5.75 Å². The van der Waals surface area contributed by atoms with Crippen LogP contribution >= 0.6 is 11.6 Å². The molecule has 23 heavy (non-hydrogen) atoms. The second-order valence-electron chi connectivity index (χ2n) is 5.46. The maximum atomic E-state index is 12.6. The van der Waals surface area contributed by atoms with E-state index in [1.807, 2.05) is 47.4 Å². The lowest BCUT2D eigenvalue weighted by Crippen LogP contribution is -2.48. The molecule has 4 nitrogen and oxygen atoms in total. The fraction of sp³-hybridized carbons (Fsp3) is 0.278. The first kappa shape index (κ1) is 15.7. The number of methoxy groups -OCH3 is 1. The minimum atomic E-state index is 0.0442. The Bertz CT molecular complexity index is 697. The van der Waals surface area contributed by atoms with Gasteiger partial charge in [-0.25, -0.2) is 0 Å². The number of nitrogens with zero attached hydrogens (tertiary/aromatic N) is 2. The Morgan fingerprint density at radius 2 is 1.78 bits per heavy atom. The smallest absolute Gasteiger partial charge is 0.254 e. The van der Waals surface area contributed by atoms with Crippen molar-refractivity contribution < 1.29 is 9.53 Å². The molecular weight excluding hydrogens is 312 g/mol. The third kappa shape index (κ3) is 3.42. The summed E-state index contributed by atoms with van der Waals surface area (Å²) in [6, 6.07) is 15.1. The van der Waals surface area contributed by atoms with E-state index in [0.29, 0.717) is 24.4 Å². The Morgan fingerprint density at radius 3 is 2.48 bits per heavy atom. The predicted molar refractivity (Wildman–Crippen MR) is 92.6 cm³/mol. The summed E-state index contributed by atoms with van der Waals surface area (Å²) in [5.41, 5.74) is 1.69. The van der Waals surface area contributed by atoms with Gasteiger partial charge in [0.2, 0.25) is 0 Å². The number of benzene rings is 2. The van der Waals surface area contributed by atoms with Gasteiger partial charge in [0.05, 0.1) is 17.8 Å². The summed E-state index contributed by atoms with van der Waals surface area (Å²) in [4.78, 5) is 16.7. The van der Waals surface area contributed by atoms with Gasteiger partial charge >= 0.3 is 0 Å². The molecule has 3 rings (SSSR count). The molecule has 0 saturated carbocycles. The van der Waals surface area contributed by atoms with Gasteiger partial charge in [0.15, 0.2) is 0 Å². The van der Waals surface area contributed by atoms with Gasteiger partial charge in [-0.05, 0) is 30.3 Å². The minimum Gasteiger partial charge on any atom is -0.497 e. The van der Waals surface area contributed by atoms with Crippen LogP contribution in [0.3, 0.4) is 0 Å². The lowest BCUT2D eigenvalue weighted by molar-refractivity contribution is 0.0746. The maximum Gasteiger partial charge on any atom is 0.254 e. The van der Waals surface area contributed by atoms with Crippen molar-refractivity contribution in [2.45, 2.75) is 0 Å². The molecule has 0 spiro atoms. The molecule has 0 radical (unpaired) electrons. The Balaban J connectivity index is 1.66. The molecule has 1 saturated heterocycles. The van der Waals surface area contributed by atoms with Crippen LogP contribution < -0.4 is 9.64 Å². The number of rotatable bonds is 3. The zero-order valence-corrected chi connectivity index (χ0v) is 13.8. The Kier molecular flexibility index (Phi) is 4.72. The SMILES string of the molecule is COc1cccc(C(=O)N2CCN(c3ccccc3Cl)CC2)c1. The van der Waals surface area contributed by atoms with Gasteiger partial charge in [0, 0.05) is 31.7 Å². The van der Waals surface area contributed by atoms with E-state index in [9.17, 15) is 4.79 Å². The topological polar surface area (TPSA) is 32.8 Å². The van der Waals surface area contributed by atoms with Crippen molar-refractivity contribution in [1.82, 2.24) is 4.90 Å². The van der Waals surface area contributed by atoms with Crippen LogP contribution in [0.15, 0.2) is 48.5 Å². The standard InChI is InChI=1S/C18H19ClN2O2/c1-23-15-6-4-5-14(13-15)18(22)21-11-9-20(10-12-21)17-8-3-2-7-16(17)19/h2-8,13H,9-12H2,1H3. The number of carbonyl (C=O) groups excluding carboxylic acids is 1. The largest absolute Gasteiger partial charge is 0.497 e. The molecule has 0 aliphatic carbocycles. The maximum absolute atomic E-state index is 12.6. The van der Waals surface area contributed by atoms with Crippen LogP contribution in [0.5, 0.6) is 5.75 Å². The van der Waals surface area contributed by atoms with Crippen LogP contribution in [0.1, 0.15) is 10.4 Å². The van der Waals surface area contributed by atoms with Crippen molar-refractivity contribution in [3.63, 3.8) is 0 Å². The lowest BCUT2D eigenvalue weighted by Gasteiger charge is -2.36. The molecule has 5 heteroatoms. The monoisotopic (exact) mass is 330 g/mol. The molecular formula is C18H19ClN2O2. The third-order valence-corrected chi connectivity index (χ3v) is 4.40. The number of hydrogen-bond donors (Lipinski definition) is 0. The molecule has 0 atom stereocenters. The Labute approximate surface area is 141 Å². The first-order valence-corrected chi connectivity index (χ1v) is 7.99. The van der Waals surface area contributed by atoms with Crippen LogP contribution in [0.4, 0.5) is 5.69 Å². The fourth-order valence-corrected chi connectivity index (χ4v) is 3.05. The zero-order chi connectivity index (χ0) is 16.2. The van der Waals surface area contributed by atoms with Gasteiger partial charge in [-0.15, -0.1) is 0 Å². The van der Waals surface area contributed by atoms with Crippen molar-refractivity contribution >= 4 is 23.2 Å². The number of anilines is 1. The summed E-state index contributed by atoms with van der Waals surface area (Å²) in [6.07, 6.45) is 0. The highest BCUT2D eigenvalue weighted by atomic mass is 35.5. The molecule has 1 fully saturated rings. The van der Waals surface area contributed by atoms with Gasteiger partial charge in [0.25, 0.3) is 5.91 Å². The molecule has 1 aliphatic heterocycles. The van der Waals surface area contributed by atoms with E-state index in [4.69, 9.17) is 16.3 Å². The van der Waals surface area contributed by atoms with Gasteiger partial charge in [-0.1, -0.05) is 29.8 Å². The minimum absolute atomic E-state index is 0.0442. The van der Waals surface area contributed by atoms with Crippen LogP contribution in [0, 0.1) is 0 Å². The second kappa shape index (κ2) is 6.92. The number of piperazine rings is 1. The number of ether oxygens (including phenoxy) is 1. The van der Waals surface area contributed by atoms with Crippen LogP contribution in [0.25, 0.3) is 0 Å². The molecule has 0 N–H and O–H groups in total. The summed E-state index contributed by atoms with van der Waals surface area (Å²) >= 11 is 6.25.